The van der Waals surface area contributed by atoms with Gasteiger partial charge in [0.25, 0.3) is 11.8 Å². The maximum absolute atomic E-state index is 14.0. The topological polar surface area (TPSA) is 85.0 Å². The SMILES string of the molecule is Cc1cnc(-c2nc(C3CCCN(C(=O)c4c(F)cccc4F)C3)no2)cn1. The summed E-state index contributed by atoms with van der Waals surface area (Å²) in [5, 5.41) is 4.00. The van der Waals surface area contributed by atoms with Crippen LogP contribution in [0.25, 0.3) is 11.6 Å². The summed E-state index contributed by atoms with van der Waals surface area (Å²) in [4.78, 5) is 26.8. The van der Waals surface area contributed by atoms with Gasteiger partial charge in [0.15, 0.2) is 5.82 Å². The Morgan fingerprint density at radius 2 is 2.00 bits per heavy atom. The number of aryl methyl sites for hydroxylation is 1. The number of carbonyl (C=O) groups is 1. The fourth-order valence-electron chi connectivity index (χ4n) is 3.24. The lowest BCUT2D eigenvalue weighted by Gasteiger charge is -2.31. The molecule has 3 aromatic rings. The van der Waals surface area contributed by atoms with Crippen LogP contribution in [0, 0.1) is 18.6 Å². The van der Waals surface area contributed by atoms with E-state index in [0.29, 0.717) is 24.5 Å². The summed E-state index contributed by atoms with van der Waals surface area (Å²) in [5.74, 6) is -1.93. The van der Waals surface area contributed by atoms with E-state index < -0.39 is 23.1 Å². The van der Waals surface area contributed by atoms with Crippen LogP contribution in [0.1, 0.15) is 40.6 Å². The van der Waals surface area contributed by atoms with Gasteiger partial charge in [-0.25, -0.2) is 13.8 Å². The van der Waals surface area contributed by atoms with Gasteiger partial charge >= 0.3 is 0 Å². The first-order valence-electron chi connectivity index (χ1n) is 8.89. The van der Waals surface area contributed by atoms with Crippen LogP contribution in [0.5, 0.6) is 0 Å². The van der Waals surface area contributed by atoms with E-state index in [4.69, 9.17) is 4.52 Å². The second kappa shape index (κ2) is 7.41. The summed E-state index contributed by atoms with van der Waals surface area (Å²) in [6, 6.07) is 3.38. The standard InChI is InChI=1S/C19H17F2N5O2/c1-11-8-23-15(9-22-11)18-24-17(25-28-18)12-4-3-7-26(10-12)19(27)16-13(20)5-2-6-14(16)21/h2,5-6,8-9,12H,3-4,7,10H2,1H3. The molecule has 144 valence electrons. The normalized spacial score (nSPS) is 17.0. The van der Waals surface area contributed by atoms with Crippen LogP contribution in [0.3, 0.4) is 0 Å². The third-order valence-electron chi connectivity index (χ3n) is 4.69. The van der Waals surface area contributed by atoms with Gasteiger partial charge in [0.1, 0.15) is 22.9 Å². The molecule has 1 aliphatic rings. The molecule has 0 spiro atoms. The molecule has 3 heterocycles. The molecule has 1 unspecified atom stereocenters. The number of aromatic nitrogens is 4. The monoisotopic (exact) mass is 385 g/mol. The number of amides is 1. The highest BCUT2D eigenvalue weighted by Crippen LogP contribution is 2.28. The third-order valence-corrected chi connectivity index (χ3v) is 4.69. The van der Waals surface area contributed by atoms with Gasteiger partial charge in [-0.15, -0.1) is 0 Å². The lowest BCUT2D eigenvalue weighted by molar-refractivity contribution is 0.0693. The molecule has 1 fully saturated rings. The van der Waals surface area contributed by atoms with Crippen molar-refractivity contribution in [2.75, 3.05) is 13.1 Å². The van der Waals surface area contributed by atoms with Crippen LogP contribution in [0.4, 0.5) is 8.78 Å². The van der Waals surface area contributed by atoms with Crippen molar-refractivity contribution in [3.63, 3.8) is 0 Å². The van der Waals surface area contributed by atoms with Crippen LogP contribution >= 0.6 is 0 Å². The lowest BCUT2D eigenvalue weighted by atomic mass is 9.96. The van der Waals surface area contributed by atoms with Crippen molar-refractivity contribution in [2.24, 2.45) is 0 Å². The second-order valence-electron chi connectivity index (χ2n) is 6.69. The molecule has 4 rings (SSSR count). The molecule has 0 aliphatic carbocycles. The predicted molar refractivity (Wildman–Crippen MR) is 94.3 cm³/mol. The van der Waals surface area contributed by atoms with Crippen molar-refractivity contribution < 1.29 is 18.1 Å². The van der Waals surface area contributed by atoms with Gasteiger partial charge in [-0.2, -0.15) is 4.98 Å². The maximum Gasteiger partial charge on any atom is 0.278 e. The van der Waals surface area contributed by atoms with Crippen LogP contribution in [-0.2, 0) is 0 Å². The molecule has 7 nitrogen and oxygen atoms in total. The highest BCUT2D eigenvalue weighted by Gasteiger charge is 2.31. The highest BCUT2D eigenvalue weighted by atomic mass is 19.1. The van der Waals surface area contributed by atoms with Crippen molar-refractivity contribution in [1.82, 2.24) is 25.0 Å². The highest BCUT2D eigenvalue weighted by molar-refractivity contribution is 5.94. The molecule has 0 N–H and O–H groups in total. The molecule has 1 atom stereocenters. The second-order valence-corrected chi connectivity index (χ2v) is 6.69. The van der Waals surface area contributed by atoms with Gasteiger partial charge < -0.3 is 9.42 Å². The van der Waals surface area contributed by atoms with Crippen molar-refractivity contribution in [3.8, 4) is 11.6 Å². The lowest BCUT2D eigenvalue weighted by Crippen LogP contribution is -2.40. The number of carbonyl (C=O) groups excluding carboxylic acids is 1. The van der Waals surface area contributed by atoms with Crippen LogP contribution in [0.15, 0.2) is 35.1 Å². The predicted octanol–water partition coefficient (Wildman–Crippen LogP) is 3.13. The molecule has 0 bridgehead atoms. The van der Waals surface area contributed by atoms with E-state index in [1.165, 1.54) is 11.0 Å². The van der Waals surface area contributed by atoms with Crippen LogP contribution in [-0.4, -0.2) is 44.0 Å². The molecule has 9 heteroatoms. The van der Waals surface area contributed by atoms with E-state index >= 15 is 0 Å². The Morgan fingerprint density at radius 1 is 1.21 bits per heavy atom. The summed E-state index contributed by atoms with van der Waals surface area (Å²) in [5.41, 5.74) is 0.693. The molecular weight excluding hydrogens is 368 g/mol. The molecule has 1 aromatic carbocycles. The zero-order valence-corrected chi connectivity index (χ0v) is 15.1. The third kappa shape index (κ3) is 3.47. The summed E-state index contributed by atoms with van der Waals surface area (Å²) >= 11 is 0. The first-order chi connectivity index (χ1) is 13.5. The summed E-state index contributed by atoms with van der Waals surface area (Å²) in [6.07, 6.45) is 4.55. The fourth-order valence-corrected chi connectivity index (χ4v) is 3.24. The average Bonchev–Trinajstić information content (AvgIpc) is 3.19. The minimum absolute atomic E-state index is 0.191. The molecule has 1 amide bonds. The fraction of sp³-hybridized carbons (Fsp3) is 0.316. The summed E-state index contributed by atoms with van der Waals surface area (Å²) in [7, 11) is 0. The van der Waals surface area contributed by atoms with E-state index in [-0.39, 0.29) is 18.4 Å². The quantitative estimate of drug-likeness (QED) is 0.689. The van der Waals surface area contributed by atoms with Crippen molar-refractivity contribution in [1.29, 1.82) is 0 Å². The minimum Gasteiger partial charge on any atom is -0.338 e. The Hall–Kier alpha value is -3.23. The summed E-state index contributed by atoms with van der Waals surface area (Å²) < 4.78 is 33.2. The zero-order chi connectivity index (χ0) is 19.7. The summed E-state index contributed by atoms with van der Waals surface area (Å²) in [6.45, 7) is 2.49. The molecular formula is C19H17F2N5O2. The van der Waals surface area contributed by atoms with Gasteiger partial charge in [-0.05, 0) is 31.9 Å². The van der Waals surface area contributed by atoms with E-state index in [1.807, 2.05) is 6.92 Å². The molecule has 0 saturated carbocycles. The van der Waals surface area contributed by atoms with Crippen molar-refractivity contribution in [2.45, 2.75) is 25.7 Å². The number of hydrogen-bond acceptors (Lipinski definition) is 6. The van der Waals surface area contributed by atoms with Crippen molar-refractivity contribution >= 4 is 5.91 Å². The zero-order valence-electron chi connectivity index (χ0n) is 15.1. The van der Waals surface area contributed by atoms with Crippen molar-refractivity contribution in [3.05, 3.63) is 59.3 Å². The number of hydrogen-bond donors (Lipinski definition) is 0. The molecule has 28 heavy (non-hydrogen) atoms. The number of halogens is 2. The Kier molecular flexibility index (Phi) is 4.81. The van der Waals surface area contributed by atoms with E-state index in [9.17, 15) is 13.6 Å². The smallest absolute Gasteiger partial charge is 0.278 e. The largest absolute Gasteiger partial charge is 0.338 e. The first kappa shape index (κ1) is 18.1. The van der Waals surface area contributed by atoms with E-state index in [0.717, 1.165) is 24.2 Å². The number of likely N-dealkylation sites (tertiary alicyclic amines) is 1. The average molecular weight is 385 g/mol. The molecule has 1 aliphatic heterocycles. The minimum atomic E-state index is -0.869. The van der Waals surface area contributed by atoms with E-state index in [1.54, 1.807) is 12.4 Å². The Balaban J connectivity index is 1.53. The van der Waals surface area contributed by atoms with E-state index in [2.05, 4.69) is 20.1 Å². The number of benzene rings is 1. The van der Waals surface area contributed by atoms with Gasteiger partial charge in [0.2, 0.25) is 0 Å². The first-order valence-corrected chi connectivity index (χ1v) is 8.89. The molecule has 1 saturated heterocycles. The van der Waals surface area contributed by atoms with Gasteiger partial charge in [-0.3, -0.25) is 9.78 Å². The number of rotatable bonds is 3. The Morgan fingerprint density at radius 3 is 2.71 bits per heavy atom. The number of piperidine rings is 1. The molecule has 0 radical (unpaired) electrons. The van der Waals surface area contributed by atoms with Crippen LogP contribution in [0.2, 0.25) is 0 Å². The number of nitrogens with zero attached hydrogens (tertiary/aromatic N) is 5. The van der Waals surface area contributed by atoms with Crippen LogP contribution < -0.4 is 0 Å². The maximum atomic E-state index is 14.0. The molecule has 2 aromatic heterocycles. The Labute approximate surface area is 159 Å². The Bertz CT molecular complexity index is 986. The van der Waals surface area contributed by atoms with Gasteiger partial charge in [-0.1, -0.05) is 11.2 Å². The van der Waals surface area contributed by atoms with Gasteiger partial charge in [0, 0.05) is 25.2 Å². The van der Waals surface area contributed by atoms with Gasteiger partial charge in [0.05, 0.1) is 11.9 Å².